The molecule has 17 heavy (non-hydrogen) atoms. The van der Waals surface area contributed by atoms with E-state index in [0.717, 1.165) is 38.5 Å². The van der Waals surface area contributed by atoms with E-state index in [4.69, 9.17) is 9.47 Å². The van der Waals surface area contributed by atoms with Crippen molar-refractivity contribution >= 4 is 0 Å². The highest BCUT2D eigenvalue weighted by Crippen LogP contribution is 2.22. The maximum atomic E-state index is 9.39. The second kappa shape index (κ2) is 6.72. The molecule has 0 aromatic heterocycles. The molecule has 1 rings (SSSR count). The molecule has 3 atom stereocenters. The van der Waals surface area contributed by atoms with E-state index in [1.807, 2.05) is 0 Å². The summed E-state index contributed by atoms with van der Waals surface area (Å²) in [5.74, 6) is 0. The summed E-state index contributed by atoms with van der Waals surface area (Å²) in [6, 6.07) is 0. The van der Waals surface area contributed by atoms with Crippen molar-refractivity contribution in [2.24, 2.45) is 0 Å². The Bertz CT molecular complexity index is 210. The molecule has 1 heterocycles. The van der Waals surface area contributed by atoms with Crippen molar-refractivity contribution in [3.05, 3.63) is 0 Å². The van der Waals surface area contributed by atoms with E-state index in [-0.39, 0.29) is 11.7 Å². The number of aliphatic hydroxyl groups is 1. The van der Waals surface area contributed by atoms with Gasteiger partial charge in [-0.15, -0.1) is 0 Å². The molecule has 1 saturated heterocycles. The van der Waals surface area contributed by atoms with E-state index < -0.39 is 6.29 Å². The van der Waals surface area contributed by atoms with Gasteiger partial charge in [-0.25, -0.2) is 0 Å². The zero-order valence-corrected chi connectivity index (χ0v) is 11.7. The monoisotopic (exact) mass is 244 g/mol. The van der Waals surface area contributed by atoms with Gasteiger partial charge in [0.2, 0.25) is 0 Å². The lowest BCUT2D eigenvalue weighted by molar-refractivity contribution is -0.164. The van der Waals surface area contributed by atoms with Gasteiger partial charge >= 0.3 is 0 Å². The first-order chi connectivity index (χ1) is 7.87. The molecule has 0 bridgehead atoms. The van der Waals surface area contributed by atoms with Gasteiger partial charge in [0.1, 0.15) is 0 Å². The van der Waals surface area contributed by atoms with Gasteiger partial charge in [0.25, 0.3) is 0 Å². The minimum atomic E-state index is -0.531. The summed E-state index contributed by atoms with van der Waals surface area (Å²) >= 11 is 0. The van der Waals surface area contributed by atoms with Crippen LogP contribution in [0.1, 0.15) is 66.2 Å². The van der Waals surface area contributed by atoms with E-state index in [1.54, 1.807) is 0 Å². The fourth-order valence-corrected chi connectivity index (χ4v) is 2.39. The standard InChI is InChI=1S/C14H28O3/c1-11(17-14(2,3)4)7-5-8-12-9-6-10-13(15)16-12/h11-13,15H,5-10H2,1-4H3. The molecule has 0 amide bonds. The Morgan fingerprint density at radius 2 is 2.06 bits per heavy atom. The van der Waals surface area contributed by atoms with Gasteiger partial charge < -0.3 is 14.6 Å². The van der Waals surface area contributed by atoms with Crippen LogP contribution in [0.3, 0.4) is 0 Å². The second-order valence-electron chi connectivity index (χ2n) is 6.12. The largest absolute Gasteiger partial charge is 0.373 e. The number of aliphatic hydroxyl groups excluding tert-OH is 1. The minimum Gasteiger partial charge on any atom is -0.373 e. The molecule has 1 N–H and O–H groups in total. The van der Waals surface area contributed by atoms with Crippen molar-refractivity contribution in [1.29, 1.82) is 0 Å². The Morgan fingerprint density at radius 3 is 2.65 bits per heavy atom. The van der Waals surface area contributed by atoms with E-state index in [2.05, 4.69) is 27.7 Å². The number of hydrogen-bond donors (Lipinski definition) is 1. The molecule has 0 aromatic rings. The van der Waals surface area contributed by atoms with Crippen LogP contribution in [0.2, 0.25) is 0 Å². The summed E-state index contributed by atoms with van der Waals surface area (Å²) in [5.41, 5.74) is -0.0586. The molecule has 0 aromatic carbocycles. The first kappa shape index (κ1) is 14.9. The van der Waals surface area contributed by atoms with Gasteiger partial charge in [-0.1, -0.05) is 0 Å². The van der Waals surface area contributed by atoms with Gasteiger partial charge in [0, 0.05) is 0 Å². The van der Waals surface area contributed by atoms with Gasteiger partial charge in [0.15, 0.2) is 6.29 Å². The van der Waals surface area contributed by atoms with Crippen LogP contribution in [-0.2, 0) is 9.47 Å². The molecule has 0 aliphatic carbocycles. The summed E-state index contributed by atoms with van der Waals surface area (Å²) < 4.78 is 11.3. The quantitative estimate of drug-likeness (QED) is 0.807. The number of hydrogen-bond acceptors (Lipinski definition) is 3. The van der Waals surface area contributed by atoms with Crippen molar-refractivity contribution in [1.82, 2.24) is 0 Å². The van der Waals surface area contributed by atoms with Crippen molar-refractivity contribution in [2.75, 3.05) is 0 Å². The second-order valence-corrected chi connectivity index (χ2v) is 6.12. The van der Waals surface area contributed by atoms with Gasteiger partial charge in [0.05, 0.1) is 17.8 Å². The molecule has 3 unspecified atom stereocenters. The predicted molar refractivity (Wildman–Crippen MR) is 68.9 cm³/mol. The lowest BCUT2D eigenvalue weighted by atomic mass is 10.0. The third-order valence-corrected chi connectivity index (χ3v) is 3.02. The Labute approximate surface area is 105 Å². The molecule has 0 spiro atoms. The summed E-state index contributed by atoms with van der Waals surface area (Å²) in [5, 5.41) is 9.39. The molecule has 102 valence electrons. The van der Waals surface area contributed by atoms with Crippen LogP contribution in [0.15, 0.2) is 0 Å². The van der Waals surface area contributed by atoms with Crippen molar-refractivity contribution in [3.63, 3.8) is 0 Å². The zero-order valence-electron chi connectivity index (χ0n) is 11.7. The molecular weight excluding hydrogens is 216 g/mol. The van der Waals surface area contributed by atoms with Crippen LogP contribution in [0.5, 0.6) is 0 Å². The fourth-order valence-electron chi connectivity index (χ4n) is 2.39. The van der Waals surface area contributed by atoms with E-state index in [0.29, 0.717) is 6.10 Å². The van der Waals surface area contributed by atoms with Crippen LogP contribution in [0.4, 0.5) is 0 Å². The molecule has 1 aliphatic rings. The first-order valence-corrected chi connectivity index (χ1v) is 6.88. The molecule has 1 aliphatic heterocycles. The number of rotatable bonds is 5. The minimum absolute atomic E-state index is 0.0586. The van der Waals surface area contributed by atoms with Gasteiger partial charge in [-0.3, -0.25) is 0 Å². The Kier molecular flexibility index (Phi) is 5.90. The summed E-state index contributed by atoms with van der Waals surface area (Å²) in [6.07, 6.45) is 6.18. The lowest BCUT2D eigenvalue weighted by Crippen LogP contribution is -2.28. The third-order valence-electron chi connectivity index (χ3n) is 3.02. The van der Waals surface area contributed by atoms with Gasteiger partial charge in [-0.05, 0) is 66.2 Å². The maximum absolute atomic E-state index is 9.39. The summed E-state index contributed by atoms with van der Waals surface area (Å²) in [4.78, 5) is 0. The van der Waals surface area contributed by atoms with E-state index >= 15 is 0 Å². The SMILES string of the molecule is CC(CCCC1CCCC(O)O1)OC(C)(C)C. The van der Waals surface area contributed by atoms with Gasteiger partial charge in [-0.2, -0.15) is 0 Å². The maximum Gasteiger partial charge on any atom is 0.154 e. The average Bonchev–Trinajstić information content (AvgIpc) is 2.14. The highest BCUT2D eigenvalue weighted by atomic mass is 16.6. The number of ether oxygens (including phenoxy) is 2. The van der Waals surface area contributed by atoms with Crippen LogP contribution in [0, 0.1) is 0 Å². The molecular formula is C14H28O3. The highest BCUT2D eigenvalue weighted by Gasteiger charge is 2.20. The lowest BCUT2D eigenvalue weighted by Gasteiger charge is -2.28. The topological polar surface area (TPSA) is 38.7 Å². The van der Waals surface area contributed by atoms with Crippen molar-refractivity contribution in [2.45, 2.75) is 90.3 Å². The predicted octanol–water partition coefficient (Wildman–Crippen LogP) is 3.25. The van der Waals surface area contributed by atoms with Crippen LogP contribution < -0.4 is 0 Å². The Morgan fingerprint density at radius 1 is 1.35 bits per heavy atom. The van der Waals surface area contributed by atoms with E-state index in [1.165, 1.54) is 0 Å². The van der Waals surface area contributed by atoms with Crippen LogP contribution in [-0.4, -0.2) is 29.2 Å². The molecule has 0 radical (unpaired) electrons. The smallest absolute Gasteiger partial charge is 0.154 e. The molecule has 1 fully saturated rings. The molecule has 3 nitrogen and oxygen atoms in total. The Balaban J connectivity index is 2.10. The van der Waals surface area contributed by atoms with Crippen molar-refractivity contribution in [3.8, 4) is 0 Å². The van der Waals surface area contributed by atoms with E-state index in [9.17, 15) is 5.11 Å². The fraction of sp³-hybridized carbons (Fsp3) is 1.00. The highest BCUT2D eigenvalue weighted by molar-refractivity contribution is 4.68. The van der Waals surface area contributed by atoms with Crippen LogP contribution >= 0.6 is 0 Å². The van der Waals surface area contributed by atoms with Crippen LogP contribution in [0.25, 0.3) is 0 Å². The normalized spacial score (nSPS) is 28.1. The molecule has 0 saturated carbocycles. The first-order valence-electron chi connectivity index (χ1n) is 6.88. The Hall–Kier alpha value is -0.120. The summed E-state index contributed by atoms with van der Waals surface area (Å²) in [6.45, 7) is 8.39. The molecule has 3 heteroatoms. The summed E-state index contributed by atoms with van der Waals surface area (Å²) in [7, 11) is 0. The average molecular weight is 244 g/mol. The zero-order chi connectivity index (χ0) is 12.9. The van der Waals surface area contributed by atoms with Crippen molar-refractivity contribution < 1.29 is 14.6 Å². The third kappa shape index (κ3) is 7.02.